The minimum atomic E-state index is 0.417. The highest BCUT2D eigenvalue weighted by Crippen LogP contribution is 2.19. The summed E-state index contributed by atoms with van der Waals surface area (Å²) in [5.74, 6) is 1.63. The number of nitrogens with one attached hydrogen (secondary N) is 1. The number of hydrogen-bond acceptors (Lipinski definition) is 3. The summed E-state index contributed by atoms with van der Waals surface area (Å²) in [6.45, 7) is 5.54. The van der Waals surface area contributed by atoms with Crippen molar-refractivity contribution in [1.82, 2.24) is 14.5 Å². The van der Waals surface area contributed by atoms with Gasteiger partial charge in [0, 0.05) is 19.6 Å². The van der Waals surface area contributed by atoms with Crippen molar-refractivity contribution in [3.8, 4) is 0 Å². The predicted molar refractivity (Wildman–Crippen MR) is 86.1 cm³/mol. The number of benzene rings is 1. The van der Waals surface area contributed by atoms with E-state index in [1.54, 1.807) is 0 Å². The number of hydrogen-bond donors (Lipinski definition) is 1. The number of imidazole rings is 1. The van der Waals surface area contributed by atoms with Gasteiger partial charge in [-0.3, -0.25) is 0 Å². The van der Waals surface area contributed by atoms with E-state index in [-0.39, 0.29) is 0 Å². The number of anilines is 1. The Kier molecular flexibility index (Phi) is 4.65. The lowest BCUT2D eigenvalue weighted by Crippen LogP contribution is -2.34. The molecule has 1 aromatic heterocycles. The molecule has 2 rings (SSSR count). The maximum atomic E-state index is 4.70. The lowest BCUT2D eigenvalue weighted by atomic mass is 10.0. The van der Waals surface area contributed by atoms with Crippen LogP contribution in [0.5, 0.6) is 0 Å². The summed E-state index contributed by atoms with van der Waals surface area (Å²) in [5.41, 5.74) is 2.22. The molecule has 20 heavy (non-hydrogen) atoms. The highest BCUT2D eigenvalue weighted by Gasteiger charge is 2.15. The van der Waals surface area contributed by atoms with Crippen molar-refractivity contribution in [1.29, 1.82) is 0 Å². The van der Waals surface area contributed by atoms with Crippen molar-refractivity contribution in [3.05, 3.63) is 24.3 Å². The molecule has 110 valence electrons. The summed E-state index contributed by atoms with van der Waals surface area (Å²) in [4.78, 5) is 6.92. The van der Waals surface area contributed by atoms with Gasteiger partial charge in [-0.05, 0) is 38.6 Å². The number of rotatable bonds is 6. The van der Waals surface area contributed by atoms with Gasteiger partial charge in [0.05, 0.1) is 11.0 Å². The van der Waals surface area contributed by atoms with E-state index in [0.717, 1.165) is 24.4 Å². The van der Waals surface area contributed by atoms with Crippen LogP contribution < -0.4 is 5.32 Å². The molecular formula is C16H26N4. The van der Waals surface area contributed by atoms with Crippen molar-refractivity contribution in [2.75, 3.05) is 26.0 Å². The first-order chi connectivity index (χ1) is 9.47. The summed E-state index contributed by atoms with van der Waals surface area (Å²) in [5, 5.41) is 3.61. The Morgan fingerprint density at radius 3 is 2.55 bits per heavy atom. The highest BCUT2D eigenvalue weighted by molar-refractivity contribution is 5.78. The third-order valence-electron chi connectivity index (χ3n) is 3.46. The normalized spacial score (nSPS) is 13.3. The summed E-state index contributed by atoms with van der Waals surface area (Å²) >= 11 is 0. The number of likely N-dealkylation sites (N-methyl/N-ethyl adjacent to an activating group) is 1. The van der Waals surface area contributed by atoms with Crippen LogP contribution in [0.2, 0.25) is 0 Å². The maximum Gasteiger partial charge on any atom is 0.203 e. The summed E-state index contributed by atoms with van der Waals surface area (Å²) in [7, 11) is 6.30. The molecule has 0 bridgehead atoms. The smallest absolute Gasteiger partial charge is 0.203 e. The fraction of sp³-hybridized carbons (Fsp3) is 0.562. The van der Waals surface area contributed by atoms with Gasteiger partial charge in [0.25, 0.3) is 0 Å². The first-order valence-corrected chi connectivity index (χ1v) is 7.30. The lowest BCUT2D eigenvalue weighted by Gasteiger charge is -2.24. The SMILES string of the molecule is CC(C)CC(CN(C)C)Nc1nc2ccccc2n1C. The Morgan fingerprint density at radius 2 is 1.95 bits per heavy atom. The quantitative estimate of drug-likeness (QED) is 0.879. The molecule has 0 amide bonds. The zero-order valence-electron chi connectivity index (χ0n) is 13.2. The summed E-state index contributed by atoms with van der Waals surface area (Å²) < 4.78 is 2.14. The summed E-state index contributed by atoms with van der Waals surface area (Å²) in [6.07, 6.45) is 1.14. The molecule has 1 aromatic carbocycles. The van der Waals surface area contributed by atoms with Crippen molar-refractivity contribution < 1.29 is 0 Å². The second kappa shape index (κ2) is 6.27. The standard InChI is InChI=1S/C16H26N4/c1-12(2)10-13(11-19(3)4)17-16-18-14-8-6-7-9-15(14)20(16)5/h6-9,12-13H,10-11H2,1-5H3,(H,17,18). The third kappa shape index (κ3) is 3.51. The number of nitrogens with zero attached hydrogens (tertiary/aromatic N) is 3. The molecule has 1 atom stereocenters. The highest BCUT2D eigenvalue weighted by atomic mass is 15.2. The largest absolute Gasteiger partial charge is 0.352 e. The van der Waals surface area contributed by atoms with Crippen molar-refractivity contribution in [3.63, 3.8) is 0 Å². The van der Waals surface area contributed by atoms with E-state index in [1.165, 1.54) is 5.52 Å². The first-order valence-electron chi connectivity index (χ1n) is 7.30. The Hall–Kier alpha value is -1.55. The van der Waals surface area contributed by atoms with Crippen LogP contribution in [0.1, 0.15) is 20.3 Å². The van der Waals surface area contributed by atoms with Gasteiger partial charge in [-0.2, -0.15) is 0 Å². The van der Waals surface area contributed by atoms with Gasteiger partial charge < -0.3 is 14.8 Å². The molecular weight excluding hydrogens is 248 g/mol. The fourth-order valence-corrected chi connectivity index (χ4v) is 2.65. The van der Waals surface area contributed by atoms with Gasteiger partial charge >= 0.3 is 0 Å². The third-order valence-corrected chi connectivity index (χ3v) is 3.46. The molecule has 0 saturated heterocycles. The molecule has 0 saturated carbocycles. The van der Waals surface area contributed by atoms with Gasteiger partial charge in [0.1, 0.15) is 0 Å². The van der Waals surface area contributed by atoms with Gasteiger partial charge in [-0.15, -0.1) is 0 Å². The number of aromatic nitrogens is 2. The Bertz CT molecular complexity index is 547. The van der Waals surface area contributed by atoms with Crippen molar-refractivity contribution >= 4 is 17.0 Å². The molecule has 1 heterocycles. The van der Waals surface area contributed by atoms with Gasteiger partial charge in [0.2, 0.25) is 5.95 Å². The van der Waals surface area contributed by atoms with E-state index in [0.29, 0.717) is 12.0 Å². The van der Waals surface area contributed by atoms with E-state index in [1.807, 2.05) is 6.07 Å². The molecule has 1 N–H and O–H groups in total. The molecule has 0 spiro atoms. The zero-order valence-corrected chi connectivity index (χ0v) is 13.2. The van der Waals surface area contributed by atoms with Crippen LogP contribution in [-0.2, 0) is 7.05 Å². The first kappa shape index (κ1) is 14.9. The van der Waals surface area contributed by atoms with E-state index >= 15 is 0 Å². The molecule has 0 radical (unpaired) electrons. The van der Waals surface area contributed by atoms with Gasteiger partial charge in [0.15, 0.2) is 0 Å². The Balaban J connectivity index is 2.21. The topological polar surface area (TPSA) is 33.1 Å². The Morgan fingerprint density at radius 1 is 1.25 bits per heavy atom. The van der Waals surface area contributed by atoms with Crippen LogP contribution in [0.25, 0.3) is 11.0 Å². The Labute approximate surface area is 121 Å². The molecule has 0 aliphatic rings. The molecule has 4 nitrogen and oxygen atoms in total. The van der Waals surface area contributed by atoms with Crippen LogP contribution >= 0.6 is 0 Å². The van der Waals surface area contributed by atoms with Crippen LogP contribution in [0, 0.1) is 5.92 Å². The zero-order chi connectivity index (χ0) is 14.7. The maximum absolute atomic E-state index is 4.70. The number of fused-ring (bicyclic) bond motifs is 1. The van der Waals surface area contributed by atoms with Crippen molar-refractivity contribution in [2.45, 2.75) is 26.3 Å². The van der Waals surface area contributed by atoms with E-state index in [9.17, 15) is 0 Å². The van der Waals surface area contributed by atoms with E-state index in [4.69, 9.17) is 4.98 Å². The van der Waals surface area contributed by atoms with E-state index in [2.05, 4.69) is 68.0 Å². The van der Waals surface area contributed by atoms with E-state index < -0.39 is 0 Å². The predicted octanol–water partition coefficient (Wildman–Crippen LogP) is 2.96. The molecule has 2 aromatic rings. The average Bonchev–Trinajstić information content (AvgIpc) is 2.65. The fourth-order valence-electron chi connectivity index (χ4n) is 2.65. The monoisotopic (exact) mass is 274 g/mol. The summed E-state index contributed by atoms with van der Waals surface area (Å²) in [6, 6.07) is 8.67. The van der Waals surface area contributed by atoms with Crippen LogP contribution in [0.15, 0.2) is 24.3 Å². The second-order valence-corrected chi connectivity index (χ2v) is 6.22. The second-order valence-electron chi connectivity index (χ2n) is 6.22. The minimum absolute atomic E-state index is 0.417. The van der Waals surface area contributed by atoms with Crippen molar-refractivity contribution in [2.24, 2.45) is 13.0 Å². The number of para-hydroxylation sites is 2. The molecule has 0 aliphatic heterocycles. The molecule has 1 unspecified atom stereocenters. The minimum Gasteiger partial charge on any atom is -0.352 e. The average molecular weight is 274 g/mol. The number of aryl methyl sites for hydroxylation is 1. The lowest BCUT2D eigenvalue weighted by molar-refractivity contribution is 0.355. The van der Waals surface area contributed by atoms with Crippen LogP contribution in [0.3, 0.4) is 0 Å². The molecule has 0 aliphatic carbocycles. The van der Waals surface area contributed by atoms with Crippen LogP contribution in [-0.4, -0.2) is 41.1 Å². The van der Waals surface area contributed by atoms with Crippen LogP contribution in [0.4, 0.5) is 5.95 Å². The molecule has 0 fully saturated rings. The molecule has 4 heteroatoms. The van der Waals surface area contributed by atoms with Gasteiger partial charge in [-0.25, -0.2) is 4.98 Å². The van der Waals surface area contributed by atoms with Gasteiger partial charge in [-0.1, -0.05) is 26.0 Å².